The van der Waals surface area contributed by atoms with E-state index in [9.17, 15) is 9.59 Å². The van der Waals surface area contributed by atoms with Crippen molar-refractivity contribution < 1.29 is 14.3 Å². The van der Waals surface area contributed by atoms with E-state index in [1.165, 1.54) is 0 Å². The molecule has 0 aromatic carbocycles. The van der Waals surface area contributed by atoms with Gasteiger partial charge in [-0.25, -0.2) is 9.59 Å². The summed E-state index contributed by atoms with van der Waals surface area (Å²) in [5.41, 5.74) is 0. The second-order valence-corrected chi connectivity index (χ2v) is 4.09. The predicted octanol–water partition coefficient (Wildman–Crippen LogP) is 0.535. The fraction of sp³-hybridized carbons (Fsp3) is 0.800. The first kappa shape index (κ1) is 12.6. The Morgan fingerprint density at radius 3 is 2.69 bits per heavy atom. The van der Waals surface area contributed by atoms with Gasteiger partial charge in [0, 0.05) is 20.1 Å². The fourth-order valence-corrected chi connectivity index (χ4v) is 1.64. The van der Waals surface area contributed by atoms with Crippen molar-refractivity contribution in [3.63, 3.8) is 0 Å². The van der Waals surface area contributed by atoms with Crippen molar-refractivity contribution in [1.29, 1.82) is 0 Å². The lowest BCUT2D eigenvalue weighted by Gasteiger charge is -2.17. The second kappa shape index (κ2) is 5.58. The molecular weight excluding hydrogens is 210 g/mol. The molecule has 16 heavy (non-hydrogen) atoms. The zero-order valence-electron chi connectivity index (χ0n) is 9.95. The molecule has 1 atom stereocenters. The second-order valence-electron chi connectivity index (χ2n) is 4.09. The average molecular weight is 229 g/mol. The van der Waals surface area contributed by atoms with Crippen LogP contribution >= 0.6 is 0 Å². The highest BCUT2D eigenvalue weighted by atomic mass is 16.6. The van der Waals surface area contributed by atoms with Crippen LogP contribution in [-0.4, -0.2) is 49.3 Å². The molecule has 0 spiro atoms. The third-order valence-corrected chi connectivity index (χ3v) is 2.35. The van der Waals surface area contributed by atoms with Gasteiger partial charge in [-0.05, 0) is 20.3 Å². The van der Waals surface area contributed by atoms with E-state index in [0.717, 1.165) is 6.42 Å². The van der Waals surface area contributed by atoms with Crippen molar-refractivity contribution in [2.75, 3.05) is 20.1 Å². The van der Waals surface area contributed by atoms with Gasteiger partial charge in [-0.3, -0.25) is 0 Å². The SMILES string of the molecule is CNC(=O)N1CC[C@H](NC(=O)OC(C)C)C1. The van der Waals surface area contributed by atoms with Crippen molar-refractivity contribution in [2.24, 2.45) is 0 Å². The monoisotopic (exact) mass is 229 g/mol. The number of rotatable bonds is 2. The first-order valence-corrected chi connectivity index (χ1v) is 5.46. The number of hydrogen-bond donors (Lipinski definition) is 2. The van der Waals surface area contributed by atoms with Crippen molar-refractivity contribution in [3.8, 4) is 0 Å². The molecule has 1 fully saturated rings. The molecule has 0 bridgehead atoms. The van der Waals surface area contributed by atoms with Crippen LogP contribution in [0, 0.1) is 0 Å². The summed E-state index contributed by atoms with van der Waals surface area (Å²) in [6.45, 7) is 4.79. The minimum atomic E-state index is -0.418. The standard InChI is InChI=1S/C10H19N3O3/c1-7(2)16-10(15)12-8-4-5-13(6-8)9(14)11-3/h7-8H,4-6H2,1-3H3,(H,11,14)(H,12,15)/t8-/m0/s1. The molecule has 3 amide bonds. The van der Waals surface area contributed by atoms with Gasteiger partial charge in [-0.15, -0.1) is 0 Å². The normalized spacial score (nSPS) is 19.8. The predicted molar refractivity (Wildman–Crippen MR) is 59.2 cm³/mol. The van der Waals surface area contributed by atoms with Gasteiger partial charge < -0.3 is 20.3 Å². The van der Waals surface area contributed by atoms with Crippen LogP contribution in [0.1, 0.15) is 20.3 Å². The van der Waals surface area contributed by atoms with Crippen LogP contribution in [0.4, 0.5) is 9.59 Å². The Labute approximate surface area is 95.3 Å². The molecule has 6 nitrogen and oxygen atoms in total. The number of carbonyl (C=O) groups excluding carboxylic acids is 2. The van der Waals surface area contributed by atoms with Gasteiger partial charge in [0.1, 0.15) is 0 Å². The Balaban J connectivity index is 2.31. The lowest BCUT2D eigenvalue weighted by Crippen LogP contribution is -2.41. The molecule has 1 heterocycles. The van der Waals surface area contributed by atoms with E-state index in [1.807, 2.05) is 0 Å². The highest BCUT2D eigenvalue weighted by Gasteiger charge is 2.27. The molecule has 0 aromatic rings. The summed E-state index contributed by atoms with van der Waals surface area (Å²) < 4.78 is 4.97. The van der Waals surface area contributed by atoms with Crippen molar-refractivity contribution in [3.05, 3.63) is 0 Å². The lowest BCUT2D eigenvalue weighted by atomic mass is 10.3. The number of urea groups is 1. The van der Waals surface area contributed by atoms with Gasteiger partial charge in [0.2, 0.25) is 0 Å². The van der Waals surface area contributed by atoms with E-state index in [4.69, 9.17) is 4.74 Å². The van der Waals surface area contributed by atoms with Gasteiger partial charge in [-0.2, -0.15) is 0 Å². The summed E-state index contributed by atoms with van der Waals surface area (Å²) >= 11 is 0. The molecule has 6 heteroatoms. The van der Waals surface area contributed by atoms with Crippen LogP contribution in [0.2, 0.25) is 0 Å². The van der Waals surface area contributed by atoms with Crippen LogP contribution in [0.15, 0.2) is 0 Å². The maximum absolute atomic E-state index is 11.3. The van der Waals surface area contributed by atoms with E-state index in [0.29, 0.717) is 13.1 Å². The van der Waals surface area contributed by atoms with Crippen molar-refractivity contribution >= 4 is 12.1 Å². The van der Waals surface area contributed by atoms with E-state index < -0.39 is 6.09 Å². The minimum Gasteiger partial charge on any atom is -0.447 e. The van der Waals surface area contributed by atoms with Gasteiger partial charge >= 0.3 is 12.1 Å². The molecule has 92 valence electrons. The highest BCUT2D eigenvalue weighted by Crippen LogP contribution is 2.09. The fourth-order valence-electron chi connectivity index (χ4n) is 1.64. The van der Waals surface area contributed by atoms with Gasteiger partial charge in [-0.1, -0.05) is 0 Å². The molecule has 1 aliphatic rings. The van der Waals surface area contributed by atoms with Crippen molar-refractivity contribution in [1.82, 2.24) is 15.5 Å². The lowest BCUT2D eigenvalue weighted by molar-refractivity contribution is 0.112. The zero-order valence-corrected chi connectivity index (χ0v) is 9.95. The van der Waals surface area contributed by atoms with Gasteiger partial charge in [0.25, 0.3) is 0 Å². The molecule has 1 saturated heterocycles. The van der Waals surface area contributed by atoms with Gasteiger partial charge in [0.05, 0.1) is 12.1 Å². The number of nitrogens with zero attached hydrogens (tertiary/aromatic N) is 1. The number of carbonyl (C=O) groups is 2. The van der Waals surface area contributed by atoms with E-state index in [1.54, 1.807) is 25.8 Å². The molecule has 1 aliphatic heterocycles. The minimum absolute atomic E-state index is 0.0106. The number of alkyl carbamates (subject to hydrolysis) is 1. The van der Waals surface area contributed by atoms with E-state index in [2.05, 4.69) is 10.6 Å². The summed E-state index contributed by atoms with van der Waals surface area (Å²) in [7, 11) is 1.59. The van der Waals surface area contributed by atoms with Crippen LogP contribution in [-0.2, 0) is 4.74 Å². The molecule has 1 rings (SSSR count). The Morgan fingerprint density at radius 2 is 2.12 bits per heavy atom. The van der Waals surface area contributed by atoms with Crippen LogP contribution in [0.5, 0.6) is 0 Å². The summed E-state index contributed by atoms with van der Waals surface area (Å²) in [5, 5.41) is 5.29. The summed E-state index contributed by atoms with van der Waals surface area (Å²) in [6.07, 6.45) is 0.218. The average Bonchev–Trinajstić information content (AvgIpc) is 2.63. The van der Waals surface area contributed by atoms with Crippen LogP contribution in [0.25, 0.3) is 0 Å². The molecule has 0 radical (unpaired) electrons. The maximum Gasteiger partial charge on any atom is 0.407 e. The number of likely N-dealkylation sites (tertiary alicyclic amines) is 1. The molecule has 0 unspecified atom stereocenters. The highest BCUT2D eigenvalue weighted by molar-refractivity contribution is 5.74. The maximum atomic E-state index is 11.3. The quantitative estimate of drug-likeness (QED) is 0.725. The largest absolute Gasteiger partial charge is 0.447 e. The molecular formula is C10H19N3O3. The Morgan fingerprint density at radius 1 is 1.44 bits per heavy atom. The van der Waals surface area contributed by atoms with E-state index >= 15 is 0 Å². The molecule has 0 aromatic heterocycles. The smallest absolute Gasteiger partial charge is 0.407 e. The number of amides is 3. The third-order valence-electron chi connectivity index (χ3n) is 2.35. The van der Waals surface area contributed by atoms with E-state index in [-0.39, 0.29) is 18.2 Å². The molecule has 0 aliphatic carbocycles. The third kappa shape index (κ3) is 3.60. The number of nitrogens with one attached hydrogen (secondary N) is 2. The Kier molecular flexibility index (Phi) is 4.39. The van der Waals surface area contributed by atoms with Crippen molar-refractivity contribution in [2.45, 2.75) is 32.4 Å². The Bertz CT molecular complexity index is 268. The summed E-state index contributed by atoms with van der Waals surface area (Å²) in [4.78, 5) is 24.3. The van der Waals surface area contributed by atoms with Gasteiger partial charge in [0.15, 0.2) is 0 Å². The summed E-state index contributed by atoms with van der Waals surface area (Å²) in [6, 6.07) is -0.120. The van der Waals surface area contributed by atoms with Crippen LogP contribution in [0.3, 0.4) is 0 Å². The van der Waals surface area contributed by atoms with Crippen LogP contribution < -0.4 is 10.6 Å². The first-order chi connectivity index (χ1) is 7.52. The number of hydrogen-bond acceptors (Lipinski definition) is 3. The molecule has 0 saturated carbocycles. The Hall–Kier alpha value is -1.46. The topological polar surface area (TPSA) is 70.7 Å². The summed E-state index contributed by atoms with van der Waals surface area (Å²) in [5.74, 6) is 0. The zero-order chi connectivity index (χ0) is 12.1. The first-order valence-electron chi connectivity index (χ1n) is 5.46. The number of ether oxygens (including phenoxy) is 1. The molecule has 2 N–H and O–H groups in total.